The van der Waals surface area contributed by atoms with Gasteiger partial charge in [-0.15, -0.1) is 0 Å². The van der Waals surface area contributed by atoms with E-state index < -0.39 is 11.4 Å². The number of nitrogen functional groups attached to an aromatic ring is 1. The Bertz CT molecular complexity index is 1270. The smallest absolute Gasteiger partial charge is 0.407 e. The Morgan fingerprint density at radius 1 is 1.05 bits per heavy atom. The molecular formula is C29H36FN5O3. The minimum absolute atomic E-state index is 0.0840. The molecule has 202 valence electrons. The van der Waals surface area contributed by atoms with Crippen LogP contribution in [0.25, 0.3) is 11.3 Å². The number of nitrogens with zero attached hydrogens (tertiary/aromatic N) is 2. The third-order valence-corrected chi connectivity index (χ3v) is 6.34. The van der Waals surface area contributed by atoms with E-state index in [-0.39, 0.29) is 23.9 Å². The van der Waals surface area contributed by atoms with Crippen LogP contribution in [0.2, 0.25) is 0 Å². The van der Waals surface area contributed by atoms with Gasteiger partial charge in [-0.25, -0.2) is 19.2 Å². The molecule has 2 aromatic carbocycles. The molecule has 0 saturated heterocycles. The number of halogens is 1. The number of amides is 1. The van der Waals surface area contributed by atoms with Gasteiger partial charge in [0.1, 0.15) is 11.4 Å². The Morgan fingerprint density at radius 2 is 1.79 bits per heavy atom. The number of benzene rings is 2. The molecule has 0 atom stereocenters. The molecule has 1 aliphatic carbocycles. The number of aryl methyl sites for hydroxylation is 1. The van der Waals surface area contributed by atoms with Gasteiger partial charge in [0, 0.05) is 35.6 Å². The quantitative estimate of drug-likeness (QED) is 0.306. The monoisotopic (exact) mass is 521 g/mol. The van der Waals surface area contributed by atoms with Gasteiger partial charge < -0.3 is 25.8 Å². The van der Waals surface area contributed by atoms with Crippen molar-refractivity contribution in [2.75, 3.05) is 11.1 Å². The number of carbonyl (C=O) groups is 1. The third-order valence-electron chi connectivity index (χ3n) is 6.34. The van der Waals surface area contributed by atoms with E-state index in [1.165, 1.54) is 12.1 Å². The maximum atomic E-state index is 14.5. The van der Waals surface area contributed by atoms with E-state index in [0.29, 0.717) is 23.1 Å². The number of aromatic nitrogens is 2. The Kier molecular flexibility index (Phi) is 8.34. The molecule has 1 saturated carbocycles. The molecule has 1 aliphatic rings. The normalized spacial score (nSPS) is 17.5. The predicted octanol–water partition coefficient (Wildman–Crippen LogP) is 6.47. The van der Waals surface area contributed by atoms with Gasteiger partial charge in [0.2, 0.25) is 5.95 Å². The molecule has 1 aromatic heterocycles. The highest BCUT2D eigenvalue weighted by Crippen LogP contribution is 2.35. The zero-order chi connectivity index (χ0) is 27.3. The second-order valence-electron chi connectivity index (χ2n) is 10.6. The summed E-state index contributed by atoms with van der Waals surface area (Å²) < 4.78 is 25.8. The van der Waals surface area contributed by atoms with Gasteiger partial charge in [-0.3, -0.25) is 0 Å². The number of hydrogen-bond donors (Lipinski definition) is 3. The maximum absolute atomic E-state index is 14.5. The van der Waals surface area contributed by atoms with Crippen LogP contribution in [0.3, 0.4) is 0 Å². The van der Waals surface area contributed by atoms with Crippen molar-refractivity contribution in [3.05, 3.63) is 60.0 Å². The highest BCUT2D eigenvalue weighted by Gasteiger charge is 2.25. The van der Waals surface area contributed by atoms with Crippen LogP contribution >= 0.6 is 0 Å². The number of ether oxygens (including phenoxy) is 2. The molecule has 0 spiro atoms. The first-order valence-corrected chi connectivity index (χ1v) is 13.0. The van der Waals surface area contributed by atoms with Crippen LogP contribution < -0.4 is 21.1 Å². The summed E-state index contributed by atoms with van der Waals surface area (Å²) in [5.41, 5.74) is 7.96. The number of hydrogen-bond acceptors (Lipinski definition) is 7. The average Bonchev–Trinajstić information content (AvgIpc) is 2.86. The summed E-state index contributed by atoms with van der Waals surface area (Å²) in [4.78, 5) is 21.2. The average molecular weight is 522 g/mol. The van der Waals surface area contributed by atoms with Crippen molar-refractivity contribution in [1.82, 2.24) is 15.3 Å². The number of nitrogens with two attached hydrogens (primary N) is 1. The molecule has 0 radical (unpaired) electrons. The molecule has 0 unspecified atom stereocenters. The topological polar surface area (TPSA) is 111 Å². The Morgan fingerprint density at radius 3 is 2.47 bits per heavy atom. The van der Waals surface area contributed by atoms with E-state index >= 15 is 0 Å². The fraction of sp³-hybridized carbons (Fsp3) is 0.414. The van der Waals surface area contributed by atoms with Crippen LogP contribution in [0, 0.1) is 5.82 Å². The van der Waals surface area contributed by atoms with Crippen LogP contribution in [0.4, 0.5) is 20.8 Å². The van der Waals surface area contributed by atoms with Crippen LogP contribution in [-0.2, 0) is 11.2 Å². The van der Waals surface area contributed by atoms with Gasteiger partial charge in [0.25, 0.3) is 0 Å². The number of alkyl carbamates (subject to hydrolysis) is 1. The summed E-state index contributed by atoms with van der Waals surface area (Å²) >= 11 is 0. The number of nitrogens with one attached hydrogen (secondary N) is 2. The van der Waals surface area contributed by atoms with Crippen molar-refractivity contribution < 1.29 is 18.7 Å². The SMILES string of the molecule is CCc1ccc(-c2ccnc(NC3CCC(NC(=O)OC(C)(C)C)CC3)n2)c(Oc2ccc(N)cc2F)c1. The van der Waals surface area contributed by atoms with E-state index in [2.05, 4.69) is 15.6 Å². The minimum Gasteiger partial charge on any atom is -0.454 e. The lowest BCUT2D eigenvalue weighted by Gasteiger charge is -2.30. The van der Waals surface area contributed by atoms with Crippen molar-refractivity contribution in [2.24, 2.45) is 0 Å². The summed E-state index contributed by atoms with van der Waals surface area (Å²) in [5, 5.41) is 6.39. The molecule has 0 bridgehead atoms. The van der Waals surface area contributed by atoms with Crippen molar-refractivity contribution >= 4 is 17.7 Å². The Labute approximate surface area is 223 Å². The Hall–Kier alpha value is -3.88. The van der Waals surface area contributed by atoms with Crippen LogP contribution in [-0.4, -0.2) is 33.7 Å². The minimum atomic E-state index is -0.528. The molecule has 4 rings (SSSR count). The maximum Gasteiger partial charge on any atom is 0.407 e. The van der Waals surface area contributed by atoms with Crippen LogP contribution in [0.1, 0.15) is 58.9 Å². The van der Waals surface area contributed by atoms with Crippen LogP contribution in [0.5, 0.6) is 11.5 Å². The zero-order valence-electron chi connectivity index (χ0n) is 22.4. The van der Waals surface area contributed by atoms with Gasteiger partial charge >= 0.3 is 6.09 Å². The lowest BCUT2D eigenvalue weighted by Crippen LogP contribution is -2.42. The largest absolute Gasteiger partial charge is 0.454 e. The summed E-state index contributed by atoms with van der Waals surface area (Å²) in [6, 6.07) is 12.3. The van der Waals surface area contributed by atoms with E-state index in [4.69, 9.17) is 20.2 Å². The fourth-order valence-electron chi connectivity index (χ4n) is 4.42. The van der Waals surface area contributed by atoms with Gasteiger partial charge in [0.15, 0.2) is 11.6 Å². The molecule has 1 amide bonds. The van der Waals surface area contributed by atoms with Crippen molar-refractivity contribution in [3.8, 4) is 22.8 Å². The molecule has 38 heavy (non-hydrogen) atoms. The molecule has 8 nitrogen and oxygen atoms in total. The summed E-state index contributed by atoms with van der Waals surface area (Å²) in [6.07, 6.45) is 5.52. The van der Waals surface area contributed by atoms with Crippen molar-refractivity contribution in [3.63, 3.8) is 0 Å². The van der Waals surface area contributed by atoms with Crippen molar-refractivity contribution in [2.45, 2.75) is 77.5 Å². The first kappa shape index (κ1) is 27.2. The first-order valence-electron chi connectivity index (χ1n) is 13.0. The summed E-state index contributed by atoms with van der Waals surface area (Å²) in [5.74, 6) is 0.583. The lowest BCUT2D eigenvalue weighted by atomic mass is 9.91. The predicted molar refractivity (Wildman–Crippen MR) is 147 cm³/mol. The van der Waals surface area contributed by atoms with E-state index in [0.717, 1.165) is 43.2 Å². The molecule has 9 heteroatoms. The van der Waals surface area contributed by atoms with Crippen molar-refractivity contribution in [1.29, 1.82) is 0 Å². The van der Waals surface area contributed by atoms with Gasteiger partial charge in [-0.2, -0.15) is 0 Å². The standard InChI is InChI=1S/C29H36FN5O3/c1-5-18-6-12-22(26(16-18)37-25-13-7-19(31)17-23(25)30)24-14-15-32-27(35-24)33-20-8-10-21(11-9-20)34-28(36)38-29(2,3)4/h6-7,12-17,20-21H,5,8-11,31H2,1-4H3,(H,34,36)(H,32,33,35). The second kappa shape index (κ2) is 11.7. The van der Waals surface area contributed by atoms with E-state index in [1.807, 2.05) is 45.9 Å². The molecule has 4 N–H and O–H groups in total. The molecule has 0 aliphatic heterocycles. The van der Waals surface area contributed by atoms with E-state index in [9.17, 15) is 9.18 Å². The second-order valence-corrected chi connectivity index (χ2v) is 10.6. The highest BCUT2D eigenvalue weighted by atomic mass is 19.1. The first-order chi connectivity index (χ1) is 18.1. The van der Waals surface area contributed by atoms with E-state index in [1.54, 1.807) is 18.3 Å². The molecular weight excluding hydrogens is 485 g/mol. The van der Waals surface area contributed by atoms with Crippen LogP contribution in [0.15, 0.2) is 48.7 Å². The van der Waals surface area contributed by atoms with Gasteiger partial charge in [0.05, 0.1) is 5.69 Å². The number of rotatable bonds is 7. The number of carbonyl (C=O) groups excluding carboxylic acids is 1. The molecule has 1 heterocycles. The third kappa shape index (κ3) is 7.34. The summed E-state index contributed by atoms with van der Waals surface area (Å²) in [7, 11) is 0. The zero-order valence-corrected chi connectivity index (χ0v) is 22.4. The molecule has 3 aromatic rings. The fourth-order valence-corrected chi connectivity index (χ4v) is 4.42. The lowest BCUT2D eigenvalue weighted by molar-refractivity contribution is 0.0492. The Balaban J connectivity index is 1.44. The number of anilines is 2. The van der Waals surface area contributed by atoms with Gasteiger partial charge in [-0.1, -0.05) is 13.0 Å². The summed E-state index contributed by atoms with van der Waals surface area (Å²) in [6.45, 7) is 7.61. The highest BCUT2D eigenvalue weighted by molar-refractivity contribution is 5.69. The molecule has 1 fully saturated rings. The van der Waals surface area contributed by atoms with Gasteiger partial charge in [-0.05, 0) is 88.8 Å².